The Kier molecular flexibility index (Phi) is 3.88. The largest absolute Gasteiger partial charge is 0.504 e. The molecule has 0 bridgehead atoms. The number of methoxy groups -OCH3 is 1. The van der Waals surface area contributed by atoms with Gasteiger partial charge in [0.25, 0.3) is 5.91 Å². The topological polar surface area (TPSA) is 87.2 Å². The third-order valence-electron chi connectivity index (χ3n) is 3.09. The molecule has 6 heteroatoms. The van der Waals surface area contributed by atoms with Gasteiger partial charge < -0.3 is 15.2 Å². The molecule has 0 atom stereocenters. The summed E-state index contributed by atoms with van der Waals surface area (Å²) in [6.45, 7) is 6.13. The summed E-state index contributed by atoms with van der Waals surface area (Å²) in [5.41, 5.74) is 0.955. The number of phenols is 1. The number of phenolic OH excluding ortho intramolecular Hbond substituents is 1. The maximum atomic E-state index is 12.2. The Hall–Kier alpha value is -2.50. The van der Waals surface area contributed by atoms with Gasteiger partial charge in [-0.2, -0.15) is 5.10 Å². The van der Waals surface area contributed by atoms with E-state index in [1.807, 2.05) is 20.8 Å². The molecule has 0 fully saturated rings. The predicted molar refractivity (Wildman–Crippen MR) is 79.9 cm³/mol. The molecule has 3 N–H and O–H groups in total. The average molecular weight is 289 g/mol. The van der Waals surface area contributed by atoms with E-state index in [1.165, 1.54) is 13.2 Å². The van der Waals surface area contributed by atoms with Crippen LogP contribution < -0.4 is 10.1 Å². The van der Waals surface area contributed by atoms with Crippen molar-refractivity contribution in [1.29, 1.82) is 0 Å². The number of carbonyl (C=O) groups is 1. The van der Waals surface area contributed by atoms with E-state index < -0.39 is 5.91 Å². The minimum atomic E-state index is -0.446. The van der Waals surface area contributed by atoms with Gasteiger partial charge in [0.1, 0.15) is 0 Å². The van der Waals surface area contributed by atoms with Crippen LogP contribution in [0.1, 0.15) is 36.8 Å². The van der Waals surface area contributed by atoms with Crippen molar-refractivity contribution in [3.63, 3.8) is 0 Å². The van der Waals surface area contributed by atoms with E-state index in [-0.39, 0.29) is 22.5 Å². The molecule has 0 spiro atoms. The van der Waals surface area contributed by atoms with Crippen LogP contribution in [0.25, 0.3) is 0 Å². The van der Waals surface area contributed by atoms with Gasteiger partial charge in [-0.25, -0.2) is 0 Å². The molecule has 1 aromatic heterocycles. The second-order valence-corrected chi connectivity index (χ2v) is 5.73. The van der Waals surface area contributed by atoms with Gasteiger partial charge in [-0.15, -0.1) is 0 Å². The zero-order valence-electron chi connectivity index (χ0n) is 12.5. The van der Waals surface area contributed by atoms with Gasteiger partial charge in [0.15, 0.2) is 17.3 Å². The minimum Gasteiger partial charge on any atom is -0.504 e. The molecule has 112 valence electrons. The summed E-state index contributed by atoms with van der Waals surface area (Å²) in [6, 6.07) is 6.51. The number of para-hydroxylation sites is 1. The third kappa shape index (κ3) is 3.16. The molecule has 0 aliphatic heterocycles. The lowest BCUT2D eigenvalue weighted by Crippen LogP contribution is -2.13. The van der Waals surface area contributed by atoms with Crippen LogP contribution >= 0.6 is 0 Å². The summed E-state index contributed by atoms with van der Waals surface area (Å²) < 4.78 is 4.98. The molecule has 1 aromatic carbocycles. The number of amides is 1. The zero-order chi connectivity index (χ0) is 15.6. The van der Waals surface area contributed by atoms with Crippen LogP contribution in [0.5, 0.6) is 11.5 Å². The Morgan fingerprint density at radius 3 is 2.67 bits per heavy atom. The van der Waals surface area contributed by atoms with Gasteiger partial charge in [0.2, 0.25) is 0 Å². The predicted octanol–water partition coefficient (Wildman–Crippen LogP) is 2.67. The van der Waals surface area contributed by atoms with E-state index in [1.54, 1.807) is 18.2 Å². The highest BCUT2D eigenvalue weighted by Gasteiger charge is 2.19. The maximum absolute atomic E-state index is 12.2. The Morgan fingerprint density at radius 1 is 1.38 bits per heavy atom. The van der Waals surface area contributed by atoms with E-state index in [0.29, 0.717) is 5.82 Å². The third-order valence-corrected chi connectivity index (χ3v) is 3.09. The number of hydrogen-bond donors (Lipinski definition) is 3. The van der Waals surface area contributed by atoms with Crippen LogP contribution in [0, 0.1) is 0 Å². The Labute approximate surface area is 123 Å². The monoisotopic (exact) mass is 289 g/mol. The van der Waals surface area contributed by atoms with Crippen LogP contribution in [-0.4, -0.2) is 28.3 Å². The fourth-order valence-corrected chi connectivity index (χ4v) is 1.82. The smallest absolute Gasteiger partial charge is 0.260 e. The van der Waals surface area contributed by atoms with Crippen LogP contribution in [0.3, 0.4) is 0 Å². The van der Waals surface area contributed by atoms with Gasteiger partial charge in [0, 0.05) is 17.2 Å². The minimum absolute atomic E-state index is 0.0892. The lowest BCUT2D eigenvalue weighted by molar-refractivity contribution is 0.102. The summed E-state index contributed by atoms with van der Waals surface area (Å²) in [6.07, 6.45) is 0. The second-order valence-electron chi connectivity index (χ2n) is 5.73. The van der Waals surface area contributed by atoms with Gasteiger partial charge in [0.05, 0.1) is 12.7 Å². The summed E-state index contributed by atoms with van der Waals surface area (Å²) in [7, 11) is 1.43. The molecule has 1 amide bonds. The van der Waals surface area contributed by atoms with Crippen LogP contribution in [-0.2, 0) is 5.41 Å². The number of aromatic amines is 1. The lowest BCUT2D eigenvalue weighted by atomic mass is 9.92. The maximum Gasteiger partial charge on any atom is 0.260 e. The Morgan fingerprint density at radius 2 is 2.10 bits per heavy atom. The quantitative estimate of drug-likeness (QED) is 0.810. The highest BCUT2D eigenvalue weighted by molar-refractivity contribution is 6.06. The Bertz CT molecular complexity index is 656. The van der Waals surface area contributed by atoms with E-state index >= 15 is 0 Å². The van der Waals surface area contributed by atoms with E-state index in [9.17, 15) is 9.90 Å². The van der Waals surface area contributed by atoms with Crippen molar-refractivity contribution < 1.29 is 14.6 Å². The van der Waals surface area contributed by atoms with Crippen molar-refractivity contribution in [3.05, 3.63) is 35.5 Å². The molecule has 0 unspecified atom stereocenters. The number of aromatic nitrogens is 2. The number of carbonyl (C=O) groups excluding carboxylic acids is 1. The molecule has 0 saturated carbocycles. The van der Waals surface area contributed by atoms with E-state index in [2.05, 4.69) is 15.5 Å². The van der Waals surface area contributed by atoms with Crippen molar-refractivity contribution in [1.82, 2.24) is 10.2 Å². The van der Waals surface area contributed by atoms with Crippen molar-refractivity contribution in [2.75, 3.05) is 12.4 Å². The molecule has 0 aliphatic carbocycles. The Balaban J connectivity index is 2.21. The second kappa shape index (κ2) is 5.47. The fraction of sp³-hybridized carbons (Fsp3) is 0.333. The first kappa shape index (κ1) is 14.9. The summed E-state index contributed by atoms with van der Waals surface area (Å²) in [5, 5.41) is 19.5. The number of nitrogens with zero attached hydrogens (tertiary/aromatic N) is 1. The molecular formula is C15H19N3O3. The van der Waals surface area contributed by atoms with Gasteiger partial charge >= 0.3 is 0 Å². The van der Waals surface area contributed by atoms with Crippen LogP contribution in [0.4, 0.5) is 5.82 Å². The number of benzene rings is 1. The lowest BCUT2D eigenvalue weighted by Gasteiger charge is -2.14. The number of aromatic hydroxyl groups is 1. The highest BCUT2D eigenvalue weighted by atomic mass is 16.5. The zero-order valence-corrected chi connectivity index (χ0v) is 12.5. The first-order valence-corrected chi connectivity index (χ1v) is 6.56. The number of nitrogens with one attached hydrogen (secondary N) is 2. The van der Waals surface area contributed by atoms with Crippen LogP contribution in [0.2, 0.25) is 0 Å². The average Bonchev–Trinajstić information content (AvgIpc) is 2.87. The van der Waals surface area contributed by atoms with Gasteiger partial charge in [-0.1, -0.05) is 26.8 Å². The molecule has 2 rings (SSSR count). The summed E-state index contributed by atoms with van der Waals surface area (Å²) in [5.74, 6) is 0.0228. The molecule has 0 radical (unpaired) electrons. The normalized spacial score (nSPS) is 11.2. The fourth-order valence-electron chi connectivity index (χ4n) is 1.82. The van der Waals surface area contributed by atoms with Crippen LogP contribution in [0.15, 0.2) is 24.3 Å². The van der Waals surface area contributed by atoms with Gasteiger partial charge in [-0.05, 0) is 12.1 Å². The van der Waals surface area contributed by atoms with E-state index in [4.69, 9.17) is 4.74 Å². The SMILES string of the molecule is COc1cccc(C(=O)Nc2cc(C(C)(C)C)[nH]n2)c1O. The van der Waals surface area contributed by atoms with Gasteiger partial charge in [-0.3, -0.25) is 9.89 Å². The standard InChI is InChI=1S/C15H19N3O3/c1-15(2,3)11-8-12(18-17-11)16-14(20)9-6-5-7-10(21-4)13(9)19/h5-8,19H,1-4H3,(H2,16,17,18,20). The first-order valence-electron chi connectivity index (χ1n) is 6.56. The molecule has 2 aromatic rings. The number of H-pyrrole nitrogens is 1. The van der Waals surface area contributed by atoms with E-state index in [0.717, 1.165) is 5.69 Å². The number of anilines is 1. The van der Waals surface area contributed by atoms with Crippen molar-refractivity contribution in [2.24, 2.45) is 0 Å². The summed E-state index contributed by atoms with van der Waals surface area (Å²) >= 11 is 0. The van der Waals surface area contributed by atoms with Crippen molar-refractivity contribution in [2.45, 2.75) is 26.2 Å². The van der Waals surface area contributed by atoms with Crippen molar-refractivity contribution >= 4 is 11.7 Å². The molecule has 21 heavy (non-hydrogen) atoms. The molecule has 0 aliphatic rings. The van der Waals surface area contributed by atoms with Crippen molar-refractivity contribution in [3.8, 4) is 11.5 Å². The number of rotatable bonds is 3. The molecule has 0 saturated heterocycles. The molecule has 6 nitrogen and oxygen atoms in total. The number of hydrogen-bond acceptors (Lipinski definition) is 4. The highest BCUT2D eigenvalue weighted by Crippen LogP contribution is 2.30. The molecular weight excluding hydrogens is 270 g/mol. The number of ether oxygens (including phenoxy) is 1. The first-order chi connectivity index (χ1) is 9.82. The summed E-state index contributed by atoms with van der Waals surface area (Å²) in [4.78, 5) is 12.2. The molecule has 1 heterocycles.